The predicted molar refractivity (Wildman–Crippen MR) is 78.1 cm³/mol. The molecule has 0 bridgehead atoms. The Morgan fingerprint density at radius 1 is 0.789 bits per heavy atom. The van der Waals surface area contributed by atoms with Crippen LogP contribution >= 0.6 is 0 Å². The summed E-state index contributed by atoms with van der Waals surface area (Å²) in [4.78, 5) is 22.7. The van der Waals surface area contributed by atoms with E-state index in [1.54, 1.807) is 0 Å². The van der Waals surface area contributed by atoms with E-state index in [0.717, 1.165) is 19.3 Å². The molecule has 0 unspecified atom stereocenters. The lowest BCUT2D eigenvalue weighted by Crippen LogP contribution is -2.11. The van der Waals surface area contributed by atoms with E-state index >= 15 is 0 Å². The zero-order chi connectivity index (χ0) is 14.3. The first-order valence-electron chi connectivity index (χ1n) is 7.88. The van der Waals surface area contributed by atoms with E-state index in [4.69, 9.17) is 4.74 Å². The van der Waals surface area contributed by atoms with Gasteiger partial charge in [-0.2, -0.15) is 0 Å². The first kappa shape index (κ1) is 18.1. The molecular weight excluding hydrogens is 240 g/mol. The standard InChI is InChI=1S/C16H30O3/c1-3-5-6-7-8-9-10-11-12-15(17)14-16(18)19-13-4-2/h3-14H2,1-2H3. The number of unbranched alkanes of at least 4 members (excludes halogenated alkanes) is 7. The van der Waals surface area contributed by atoms with Gasteiger partial charge in [-0.05, 0) is 12.8 Å². The number of Topliss-reactive ketones (excluding diaryl/α,β-unsaturated/α-hetero) is 1. The third kappa shape index (κ3) is 13.4. The highest BCUT2D eigenvalue weighted by atomic mass is 16.5. The molecule has 3 heteroatoms. The second-order valence-corrected chi connectivity index (χ2v) is 5.16. The van der Waals surface area contributed by atoms with Crippen LogP contribution < -0.4 is 0 Å². The molecule has 0 saturated heterocycles. The molecule has 19 heavy (non-hydrogen) atoms. The lowest BCUT2D eigenvalue weighted by molar-refractivity contribution is -0.146. The van der Waals surface area contributed by atoms with Crippen LogP contribution in [0.15, 0.2) is 0 Å². The van der Waals surface area contributed by atoms with E-state index < -0.39 is 0 Å². The summed E-state index contributed by atoms with van der Waals surface area (Å²) >= 11 is 0. The van der Waals surface area contributed by atoms with E-state index in [-0.39, 0.29) is 18.2 Å². The van der Waals surface area contributed by atoms with Crippen molar-refractivity contribution in [2.24, 2.45) is 0 Å². The molecule has 0 rings (SSSR count). The van der Waals surface area contributed by atoms with Gasteiger partial charge < -0.3 is 4.74 Å². The monoisotopic (exact) mass is 270 g/mol. The average molecular weight is 270 g/mol. The number of carbonyl (C=O) groups is 2. The van der Waals surface area contributed by atoms with Crippen molar-refractivity contribution < 1.29 is 14.3 Å². The smallest absolute Gasteiger partial charge is 0.313 e. The van der Waals surface area contributed by atoms with Crippen molar-refractivity contribution in [2.45, 2.75) is 84.5 Å². The number of hydrogen-bond donors (Lipinski definition) is 0. The van der Waals surface area contributed by atoms with Crippen LogP contribution in [0.25, 0.3) is 0 Å². The number of carbonyl (C=O) groups excluding carboxylic acids is 2. The van der Waals surface area contributed by atoms with Crippen LogP contribution in [-0.2, 0) is 14.3 Å². The molecule has 0 aromatic carbocycles. The fourth-order valence-corrected chi connectivity index (χ4v) is 1.97. The highest BCUT2D eigenvalue weighted by Crippen LogP contribution is 2.10. The molecule has 112 valence electrons. The molecule has 0 aliphatic heterocycles. The Hall–Kier alpha value is -0.860. The summed E-state index contributed by atoms with van der Waals surface area (Å²) in [5.74, 6) is -0.349. The van der Waals surface area contributed by atoms with E-state index in [9.17, 15) is 9.59 Å². The summed E-state index contributed by atoms with van der Waals surface area (Å²) in [6.45, 7) is 4.58. The largest absolute Gasteiger partial charge is 0.465 e. The van der Waals surface area contributed by atoms with Crippen LogP contribution in [0.4, 0.5) is 0 Å². The van der Waals surface area contributed by atoms with Gasteiger partial charge in [-0.1, -0.05) is 58.8 Å². The fourth-order valence-electron chi connectivity index (χ4n) is 1.97. The first-order chi connectivity index (χ1) is 9.20. The van der Waals surface area contributed by atoms with Gasteiger partial charge in [0.05, 0.1) is 6.61 Å². The fraction of sp³-hybridized carbons (Fsp3) is 0.875. The molecule has 0 aliphatic rings. The van der Waals surface area contributed by atoms with Crippen molar-refractivity contribution in [3.8, 4) is 0 Å². The zero-order valence-electron chi connectivity index (χ0n) is 12.7. The van der Waals surface area contributed by atoms with Crippen LogP contribution in [0.3, 0.4) is 0 Å². The molecule has 0 atom stereocenters. The molecule has 0 fully saturated rings. The molecular formula is C16H30O3. The molecule has 0 saturated carbocycles. The lowest BCUT2D eigenvalue weighted by Gasteiger charge is -2.03. The molecule has 3 nitrogen and oxygen atoms in total. The van der Waals surface area contributed by atoms with Gasteiger partial charge in [-0.3, -0.25) is 9.59 Å². The Bertz CT molecular complexity index is 236. The Labute approximate surface area is 118 Å². The van der Waals surface area contributed by atoms with Crippen molar-refractivity contribution in [1.29, 1.82) is 0 Å². The van der Waals surface area contributed by atoms with Gasteiger partial charge >= 0.3 is 5.97 Å². The van der Waals surface area contributed by atoms with Gasteiger partial charge in [0.25, 0.3) is 0 Å². The topological polar surface area (TPSA) is 43.4 Å². The highest BCUT2D eigenvalue weighted by Gasteiger charge is 2.09. The summed E-state index contributed by atoms with van der Waals surface area (Å²) in [7, 11) is 0. The number of ether oxygens (including phenoxy) is 1. The second-order valence-electron chi connectivity index (χ2n) is 5.16. The van der Waals surface area contributed by atoms with Crippen molar-refractivity contribution in [2.75, 3.05) is 6.61 Å². The Balaban J connectivity index is 3.31. The Morgan fingerprint density at radius 2 is 1.37 bits per heavy atom. The summed E-state index contributed by atoms with van der Waals surface area (Å²) < 4.78 is 4.88. The van der Waals surface area contributed by atoms with Crippen LogP contribution in [-0.4, -0.2) is 18.4 Å². The quantitative estimate of drug-likeness (QED) is 0.282. The Morgan fingerprint density at radius 3 is 1.95 bits per heavy atom. The van der Waals surface area contributed by atoms with Crippen LogP contribution in [0.1, 0.15) is 84.5 Å². The predicted octanol–water partition coefficient (Wildman–Crippen LogP) is 4.43. The third-order valence-electron chi connectivity index (χ3n) is 3.12. The normalized spacial score (nSPS) is 10.4. The molecule has 0 radical (unpaired) electrons. The van der Waals surface area contributed by atoms with Crippen molar-refractivity contribution in [3.63, 3.8) is 0 Å². The van der Waals surface area contributed by atoms with E-state index in [0.29, 0.717) is 13.0 Å². The number of esters is 1. The molecule has 0 N–H and O–H groups in total. The maximum atomic E-state index is 11.5. The zero-order valence-corrected chi connectivity index (χ0v) is 12.7. The van der Waals surface area contributed by atoms with Gasteiger partial charge in [-0.15, -0.1) is 0 Å². The minimum Gasteiger partial charge on any atom is -0.465 e. The van der Waals surface area contributed by atoms with Gasteiger partial charge in [0.2, 0.25) is 0 Å². The average Bonchev–Trinajstić information content (AvgIpc) is 2.39. The van der Waals surface area contributed by atoms with Gasteiger partial charge in [0, 0.05) is 6.42 Å². The van der Waals surface area contributed by atoms with Crippen molar-refractivity contribution in [1.82, 2.24) is 0 Å². The summed E-state index contributed by atoms with van der Waals surface area (Å²) in [6.07, 6.45) is 11.0. The molecule has 0 spiro atoms. The molecule has 0 heterocycles. The maximum Gasteiger partial charge on any atom is 0.313 e. The van der Waals surface area contributed by atoms with Crippen LogP contribution in [0.2, 0.25) is 0 Å². The Kier molecular flexibility index (Phi) is 13.0. The van der Waals surface area contributed by atoms with Gasteiger partial charge in [-0.25, -0.2) is 0 Å². The third-order valence-corrected chi connectivity index (χ3v) is 3.12. The van der Waals surface area contributed by atoms with Crippen molar-refractivity contribution >= 4 is 11.8 Å². The second kappa shape index (κ2) is 13.6. The number of rotatable bonds is 13. The molecule has 0 aliphatic carbocycles. The molecule has 0 aromatic rings. The first-order valence-corrected chi connectivity index (χ1v) is 7.88. The lowest BCUT2D eigenvalue weighted by atomic mass is 10.1. The highest BCUT2D eigenvalue weighted by molar-refractivity contribution is 5.95. The summed E-state index contributed by atoms with van der Waals surface area (Å²) in [5, 5.41) is 0. The van der Waals surface area contributed by atoms with E-state index in [2.05, 4.69) is 6.92 Å². The maximum absolute atomic E-state index is 11.5. The minimum atomic E-state index is -0.369. The van der Waals surface area contributed by atoms with E-state index in [1.807, 2.05) is 6.92 Å². The van der Waals surface area contributed by atoms with Crippen molar-refractivity contribution in [3.05, 3.63) is 0 Å². The number of ketones is 1. The number of hydrogen-bond acceptors (Lipinski definition) is 3. The molecule has 0 aromatic heterocycles. The van der Waals surface area contributed by atoms with E-state index in [1.165, 1.54) is 38.5 Å². The van der Waals surface area contributed by atoms with Crippen LogP contribution in [0, 0.1) is 0 Å². The SMILES string of the molecule is CCCCCCCCCCC(=O)CC(=O)OCCC. The summed E-state index contributed by atoms with van der Waals surface area (Å²) in [6, 6.07) is 0. The summed E-state index contributed by atoms with van der Waals surface area (Å²) in [5.41, 5.74) is 0. The van der Waals surface area contributed by atoms with Gasteiger partial charge in [0.15, 0.2) is 0 Å². The molecule has 0 amide bonds. The minimum absolute atomic E-state index is 0.0205. The van der Waals surface area contributed by atoms with Crippen LogP contribution in [0.5, 0.6) is 0 Å². The van der Waals surface area contributed by atoms with Gasteiger partial charge in [0.1, 0.15) is 12.2 Å².